The van der Waals surface area contributed by atoms with E-state index in [9.17, 15) is 31.1 Å². The van der Waals surface area contributed by atoms with Crippen LogP contribution in [-0.2, 0) is 23.6 Å². The monoisotopic (exact) mass is 428 g/mol. The Morgan fingerprint density at radius 1 is 0.967 bits per heavy atom. The van der Waals surface area contributed by atoms with Gasteiger partial charge in [0.1, 0.15) is 5.82 Å². The summed E-state index contributed by atoms with van der Waals surface area (Å²) in [6, 6.07) is 7.59. The van der Waals surface area contributed by atoms with E-state index >= 15 is 0 Å². The summed E-state index contributed by atoms with van der Waals surface area (Å²) in [4.78, 5) is 16.0. The SMILES string of the molecule is Cc1cc(NC(=O)Cc2ccc(C(F)(F)F)cc2)n(-c2ccc(C(F)(F)F)cn2)n1. The van der Waals surface area contributed by atoms with Crippen molar-refractivity contribution < 1.29 is 31.1 Å². The molecule has 0 radical (unpaired) electrons. The first-order valence-corrected chi connectivity index (χ1v) is 8.50. The van der Waals surface area contributed by atoms with Crippen LogP contribution in [0.25, 0.3) is 5.82 Å². The van der Waals surface area contributed by atoms with Crippen molar-refractivity contribution in [1.82, 2.24) is 14.8 Å². The Labute approximate surface area is 166 Å². The van der Waals surface area contributed by atoms with Crippen molar-refractivity contribution >= 4 is 11.7 Å². The Hall–Kier alpha value is -3.37. The molecule has 0 spiro atoms. The number of nitrogens with one attached hydrogen (secondary N) is 1. The minimum Gasteiger partial charge on any atom is -0.310 e. The lowest BCUT2D eigenvalue weighted by atomic mass is 10.1. The molecule has 0 unspecified atom stereocenters. The second kappa shape index (κ2) is 7.81. The smallest absolute Gasteiger partial charge is 0.310 e. The van der Waals surface area contributed by atoms with Crippen LogP contribution < -0.4 is 5.32 Å². The number of nitrogens with zero attached hydrogens (tertiary/aromatic N) is 3. The van der Waals surface area contributed by atoms with Crippen LogP contribution in [0, 0.1) is 6.92 Å². The maximum Gasteiger partial charge on any atom is 0.417 e. The van der Waals surface area contributed by atoms with Gasteiger partial charge in [0.2, 0.25) is 5.91 Å². The Kier molecular flexibility index (Phi) is 5.55. The average Bonchev–Trinajstić information content (AvgIpc) is 3.00. The normalized spacial score (nSPS) is 12.1. The van der Waals surface area contributed by atoms with Gasteiger partial charge in [0.15, 0.2) is 5.82 Å². The number of hydrogen-bond donors (Lipinski definition) is 1. The van der Waals surface area contributed by atoms with Crippen LogP contribution in [0.4, 0.5) is 32.2 Å². The third-order valence-electron chi connectivity index (χ3n) is 4.04. The van der Waals surface area contributed by atoms with Crippen molar-refractivity contribution in [1.29, 1.82) is 0 Å². The summed E-state index contributed by atoms with van der Waals surface area (Å²) in [5.74, 6) is -0.319. The predicted molar refractivity (Wildman–Crippen MR) is 94.9 cm³/mol. The second-order valence-corrected chi connectivity index (χ2v) is 6.41. The van der Waals surface area contributed by atoms with Gasteiger partial charge < -0.3 is 5.32 Å². The van der Waals surface area contributed by atoms with Gasteiger partial charge in [-0.25, -0.2) is 4.98 Å². The molecule has 0 fully saturated rings. The van der Waals surface area contributed by atoms with E-state index < -0.39 is 29.4 Å². The Morgan fingerprint density at radius 3 is 2.10 bits per heavy atom. The molecule has 0 saturated carbocycles. The van der Waals surface area contributed by atoms with Gasteiger partial charge in [-0.3, -0.25) is 4.79 Å². The van der Waals surface area contributed by atoms with Crippen LogP contribution in [-0.4, -0.2) is 20.7 Å². The molecule has 0 bridgehead atoms. The van der Waals surface area contributed by atoms with E-state index in [0.29, 0.717) is 17.5 Å². The lowest BCUT2D eigenvalue weighted by molar-refractivity contribution is -0.138. The van der Waals surface area contributed by atoms with Gasteiger partial charge in [-0.15, -0.1) is 0 Å². The zero-order valence-corrected chi connectivity index (χ0v) is 15.3. The van der Waals surface area contributed by atoms with Gasteiger partial charge >= 0.3 is 12.4 Å². The standard InChI is InChI=1S/C19H14F6N4O/c1-11-8-16(29(28-11)15-7-6-14(10-26-15)19(23,24)25)27-17(30)9-12-2-4-13(5-3-12)18(20,21)22/h2-8,10H,9H2,1H3,(H,27,30). The molecule has 1 amide bonds. The Morgan fingerprint density at radius 2 is 1.57 bits per heavy atom. The van der Waals surface area contributed by atoms with E-state index in [4.69, 9.17) is 0 Å². The largest absolute Gasteiger partial charge is 0.417 e. The molecule has 1 N–H and O–H groups in total. The average molecular weight is 428 g/mol. The molecule has 0 aliphatic rings. The quantitative estimate of drug-likeness (QED) is 0.608. The van der Waals surface area contributed by atoms with Gasteiger partial charge in [0.05, 0.1) is 23.2 Å². The highest BCUT2D eigenvalue weighted by Crippen LogP contribution is 2.30. The molecule has 30 heavy (non-hydrogen) atoms. The number of aromatic nitrogens is 3. The van der Waals surface area contributed by atoms with E-state index in [1.807, 2.05) is 0 Å². The summed E-state index contributed by atoms with van der Waals surface area (Å²) < 4.78 is 77.1. The minimum absolute atomic E-state index is 0.0564. The molecule has 5 nitrogen and oxygen atoms in total. The lowest BCUT2D eigenvalue weighted by Gasteiger charge is -2.10. The maximum atomic E-state index is 12.7. The Bertz CT molecular complexity index is 1040. The van der Waals surface area contributed by atoms with Crippen LogP contribution >= 0.6 is 0 Å². The first-order valence-electron chi connectivity index (χ1n) is 8.50. The van der Waals surface area contributed by atoms with Crippen LogP contribution in [0.5, 0.6) is 0 Å². The fourth-order valence-electron chi connectivity index (χ4n) is 2.63. The van der Waals surface area contributed by atoms with Crippen molar-refractivity contribution in [2.75, 3.05) is 5.32 Å². The summed E-state index contributed by atoms with van der Waals surface area (Å²) in [5.41, 5.74) is -0.922. The molecular weight excluding hydrogens is 414 g/mol. The lowest BCUT2D eigenvalue weighted by Crippen LogP contribution is -2.17. The number of pyridine rings is 1. The molecule has 11 heteroatoms. The summed E-state index contributed by atoms with van der Waals surface area (Å²) >= 11 is 0. The highest BCUT2D eigenvalue weighted by molar-refractivity contribution is 5.91. The number of benzene rings is 1. The van der Waals surface area contributed by atoms with Gasteiger partial charge in [0, 0.05) is 12.3 Å². The fraction of sp³-hybridized carbons (Fsp3) is 0.211. The summed E-state index contributed by atoms with van der Waals surface area (Å²) in [5, 5.41) is 6.65. The molecule has 0 saturated heterocycles. The zero-order chi connectivity index (χ0) is 22.1. The summed E-state index contributed by atoms with van der Waals surface area (Å²) in [6.07, 6.45) is -8.56. The van der Waals surface area contributed by atoms with E-state index in [-0.39, 0.29) is 18.1 Å². The number of rotatable bonds is 4. The number of halogens is 6. The summed E-state index contributed by atoms with van der Waals surface area (Å²) in [6.45, 7) is 1.62. The summed E-state index contributed by atoms with van der Waals surface area (Å²) in [7, 11) is 0. The minimum atomic E-state index is -4.54. The van der Waals surface area contributed by atoms with Crippen molar-refractivity contribution in [2.45, 2.75) is 25.7 Å². The highest BCUT2D eigenvalue weighted by Gasteiger charge is 2.31. The second-order valence-electron chi connectivity index (χ2n) is 6.41. The van der Waals surface area contributed by atoms with Crippen LogP contribution in [0.3, 0.4) is 0 Å². The van der Waals surface area contributed by atoms with Crippen molar-refractivity contribution in [3.8, 4) is 5.82 Å². The fourth-order valence-corrected chi connectivity index (χ4v) is 2.63. The number of carbonyl (C=O) groups is 1. The molecule has 0 atom stereocenters. The molecule has 158 valence electrons. The molecular formula is C19H14F6N4O. The molecule has 0 aliphatic carbocycles. The van der Waals surface area contributed by atoms with Crippen LogP contribution in [0.15, 0.2) is 48.7 Å². The Balaban J connectivity index is 1.75. The van der Waals surface area contributed by atoms with Crippen molar-refractivity contribution in [2.24, 2.45) is 0 Å². The van der Waals surface area contributed by atoms with E-state index in [1.54, 1.807) is 6.92 Å². The topological polar surface area (TPSA) is 59.8 Å². The molecule has 2 aromatic heterocycles. The first-order chi connectivity index (χ1) is 13.9. The first kappa shape index (κ1) is 21.3. The predicted octanol–water partition coefficient (Wildman–Crippen LogP) is 4.79. The number of hydrogen-bond acceptors (Lipinski definition) is 3. The molecule has 2 heterocycles. The van der Waals surface area contributed by atoms with E-state index in [0.717, 1.165) is 24.3 Å². The molecule has 3 aromatic rings. The van der Waals surface area contributed by atoms with Gasteiger partial charge in [-0.1, -0.05) is 12.1 Å². The number of alkyl halides is 6. The maximum absolute atomic E-state index is 12.7. The molecule has 0 aliphatic heterocycles. The zero-order valence-electron chi connectivity index (χ0n) is 15.3. The highest BCUT2D eigenvalue weighted by atomic mass is 19.4. The number of anilines is 1. The van der Waals surface area contributed by atoms with Gasteiger partial charge in [0.25, 0.3) is 0 Å². The third kappa shape index (κ3) is 4.97. The van der Waals surface area contributed by atoms with Crippen LogP contribution in [0.2, 0.25) is 0 Å². The number of carbonyl (C=O) groups excluding carboxylic acids is 1. The van der Waals surface area contributed by atoms with E-state index in [2.05, 4.69) is 15.4 Å². The molecule has 1 aromatic carbocycles. The van der Waals surface area contributed by atoms with Crippen molar-refractivity contribution in [3.63, 3.8) is 0 Å². The van der Waals surface area contributed by atoms with Crippen LogP contribution in [0.1, 0.15) is 22.4 Å². The third-order valence-corrected chi connectivity index (χ3v) is 4.04. The number of aryl methyl sites for hydroxylation is 1. The molecule has 3 rings (SSSR count). The van der Waals surface area contributed by atoms with Gasteiger partial charge in [-0.2, -0.15) is 36.1 Å². The number of amides is 1. The van der Waals surface area contributed by atoms with E-state index in [1.165, 1.54) is 22.9 Å². The van der Waals surface area contributed by atoms with Crippen molar-refractivity contribution in [3.05, 3.63) is 71.0 Å². The van der Waals surface area contributed by atoms with Gasteiger partial charge in [-0.05, 0) is 36.8 Å².